The van der Waals surface area contributed by atoms with E-state index in [1.807, 2.05) is 0 Å². The summed E-state index contributed by atoms with van der Waals surface area (Å²) in [4.78, 5) is 0. The zero-order valence-corrected chi connectivity index (χ0v) is 20.1. The van der Waals surface area contributed by atoms with Crippen molar-refractivity contribution in [3.8, 4) is 0 Å². The highest BCUT2D eigenvalue weighted by Crippen LogP contribution is 2.44. The Kier molecular flexibility index (Phi) is 4.93. The van der Waals surface area contributed by atoms with Gasteiger partial charge in [-0.15, -0.1) is 0 Å². The average Bonchev–Trinajstić information content (AvgIpc) is 3.22. The zero-order valence-electron chi connectivity index (χ0n) is 18.1. The minimum Gasteiger partial charge on any atom is -0.387 e. The van der Waals surface area contributed by atoms with Crippen LogP contribution in [0.2, 0.25) is 39.3 Å². The molecule has 2 aliphatic rings. The highest BCUT2D eigenvalue weighted by atomic mass is 28.4. The summed E-state index contributed by atoms with van der Waals surface area (Å²) in [7, 11) is -3.07. The molecule has 2 aliphatic carbocycles. The fourth-order valence-corrected chi connectivity index (χ4v) is 16.1. The lowest BCUT2D eigenvalue weighted by Gasteiger charge is -2.51. The van der Waals surface area contributed by atoms with Crippen LogP contribution < -0.4 is 0 Å². The molecule has 0 spiro atoms. The van der Waals surface area contributed by atoms with Crippen molar-refractivity contribution in [2.75, 3.05) is 0 Å². The van der Waals surface area contributed by atoms with Crippen molar-refractivity contribution < 1.29 is 0 Å². The Morgan fingerprint density at radius 2 is 1.04 bits per heavy atom. The van der Waals surface area contributed by atoms with Gasteiger partial charge in [-0.1, -0.05) is 112 Å². The van der Waals surface area contributed by atoms with E-state index in [0.29, 0.717) is 18.5 Å². The largest absolute Gasteiger partial charge is 0.387 e. The molecule has 0 fully saturated rings. The summed E-state index contributed by atoms with van der Waals surface area (Å²) in [6, 6.07) is 18.0. The number of fused-ring (bicyclic) bond motifs is 2. The van der Waals surface area contributed by atoms with E-state index in [9.17, 15) is 0 Å². The van der Waals surface area contributed by atoms with Gasteiger partial charge in [-0.05, 0) is 33.9 Å². The fourth-order valence-electron chi connectivity index (χ4n) is 5.60. The summed E-state index contributed by atoms with van der Waals surface area (Å²) in [5.41, 5.74) is 5.82. The van der Waals surface area contributed by atoms with Gasteiger partial charge in [0.2, 0.25) is 6.85 Å². The minimum absolute atomic E-state index is 0.454. The first-order valence-electron chi connectivity index (χ1n) is 10.5. The lowest BCUT2D eigenvalue weighted by atomic mass is 9.42. The molecule has 0 bridgehead atoms. The molecule has 0 radical (unpaired) electrons. The second-order valence-corrected chi connectivity index (χ2v) is 20.3. The molecule has 1 nitrogen and oxygen atoms in total. The third-order valence-electron chi connectivity index (χ3n) is 6.16. The molecule has 0 aliphatic heterocycles. The number of allylic oxidation sites excluding steroid dienone is 2. The number of benzene rings is 2. The van der Waals surface area contributed by atoms with Gasteiger partial charge < -0.3 is 4.14 Å². The lowest BCUT2D eigenvalue weighted by molar-refractivity contribution is 0.849. The van der Waals surface area contributed by atoms with Gasteiger partial charge >= 0.3 is 0 Å². The molecule has 0 aromatic heterocycles. The fraction of sp³-hybridized carbons (Fsp3) is 0.333. The van der Waals surface area contributed by atoms with Crippen LogP contribution in [0.15, 0.2) is 60.7 Å². The molecule has 2 aromatic carbocycles. The molecule has 4 heteroatoms. The summed E-state index contributed by atoms with van der Waals surface area (Å²) >= 11 is 0. The van der Waals surface area contributed by atoms with Crippen molar-refractivity contribution in [3.05, 3.63) is 82.9 Å². The molecule has 0 saturated heterocycles. The first-order valence-corrected chi connectivity index (χ1v) is 17.4. The van der Waals surface area contributed by atoms with Gasteiger partial charge in [0.25, 0.3) is 0 Å². The van der Waals surface area contributed by atoms with E-state index in [2.05, 4.69) is 116 Å². The summed E-state index contributed by atoms with van der Waals surface area (Å²) in [5, 5.41) is 0. The smallest absolute Gasteiger partial charge is 0.233 e. The number of rotatable bonds is 5. The first-order chi connectivity index (χ1) is 13.2. The van der Waals surface area contributed by atoms with E-state index in [-0.39, 0.29) is 0 Å². The van der Waals surface area contributed by atoms with Gasteiger partial charge in [-0.25, -0.2) is 0 Å². The van der Waals surface area contributed by atoms with E-state index in [1.165, 1.54) is 22.3 Å². The van der Waals surface area contributed by atoms with Crippen molar-refractivity contribution in [1.82, 2.24) is 4.14 Å². The Balaban J connectivity index is 1.88. The molecule has 0 amide bonds. The molecule has 4 rings (SSSR count). The van der Waals surface area contributed by atoms with Gasteiger partial charge in [0.15, 0.2) is 0 Å². The summed E-state index contributed by atoms with van der Waals surface area (Å²) in [6.07, 6.45) is 9.67. The maximum Gasteiger partial charge on any atom is 0.233 e. The maximum atomic E-state index is 3.04. The Hall–Kier alpha value is -1.62. The molecule has 2 aromatic rings. The van der Waals surface area contributed by atoms with E-state index in [1.54, 1.807) is 0 Å². The zero-order chi connectivity index (χ0) is 20.1. The minimum atomic E-state index is -1.54. The van der Waals surface area contributed by atoms with E-state index in [0.717, 1.165) is 0 Å². The normalized spacial score (nSPS) is 20.5. The summed E-state index contributed by atoms with van der Waals surface area (Å²) < 4.78 is 3.04. The van der Waals surface area contributed by atoms with E-state index in [4.69, 9.17) is 0 Å². The van der Waals surface area contributed by atoms with Crippen molar-refractivity contribution in [2.24, 2.45) is 0 Å². The van der Waals surface area contributed by atoms with Crippen molar-refractivity contribution in [1.29, 1.82) is 0 Å². The van der Waals surface area contributed by atoms with Crippen LogP contribution in [0.3, 0.4) is 0 Å². The molecular weight excluding hydrogens is 369 g/mol. The first kappa shape index (κ1) is 19.7. The molecule has 2 atom stereocenters. The van der Waals surface area contributed by atoms with E-state index < -0.39 is 16.5 Å². The van der Waals surface area contributed by atoms with Crippen molar-refractivity contribution in [3.63, 3.8) is 0 Å². The van der Waals surface area contributed by atoms with Gasteiger partial charge in [0, 0.05) is 0 Å². The molecule has 28 heavy (non-hydrogen) atoms. The molecule has 0 saturated carbocycles. The number of hydrogen-bond donors (Lipinski definition) is 0. The molecule has 0 N–H and O–H groups in total. The van der Waals surface area contributed by atoms with Gasteiger partial charge in [0.05, 0.1) is 0 Å². The highest BCUT2D eigenvalue weighted by Gasteiger charge is 2.49. The number of hydrogen-bond acceptors (Lipinski definition) is 1. The SMILES string of the molecule is C[Si](C)(C)N(B(C1C=Cc2ccccc21)C1C=Cc2ccccc21)[Si](C)(C)C. The van der Waals surface area contributed by atoms with Crippen LogP contribution in [0.5, 0.6) is 0 Å². The van der Waals surface area contributed by atoms with Crippen LogP contribution in [-0.2, 0) is 0 Å². The van der Waals surface area contributed by atoms with Crippen LogP contribution in [0.4, 0.5) is 0 Å². The van der Waals surface area contributed by atoms with Crippen LogP contribution >= 0.6 is 0 Å². The van der Waals surface area contributed by atoms with Crippen LogP contribution in [0, 0.1) is 0 Å². The summed E-state index contributed by atoms with van der Waals surface area (Å²) in [5.74, 6) is 0.908. The third-order valence-corrected chi connectivity index (χ3v) is 13.7. The summed E-state index contributed by atoms with van der Waals surface area (Å²) in [6.45, 7) is 15.7. The lowest BCUT2D eigenvalue weighted by Crippen LogP contribution is -2.68. The molecule has 2 unspecified atom stereocenters. The van der Waals surface area contributed by atoms with Gasteiger partial charge in [-0.3, -0.25) is 0 Å². The molecule has 0 heterocycles. The van der Waals surface area contributed by atoms with Crippen molar-refractivity contribution >= 4 is 35.5 Å². The Bertz CT molecular complexity index is 861. The second-order valence-electron chi connectivity index (χ2n) is 10.2. The standard InChI is InChI=1S/C24H32BNSi2/c1-27(2,3)26(28(4,5)6)25(23-17-15-19-11-7-9-13-21(19)23)24-18-16-20-12-8-10-14-22(20)24/h7-18,23-24H,1-6H3. The number of nitrogens with zero attached hydrogens (tertiary/aromatic N) is 1. The van der Waals surface area contributed by atoms with Crippen molar-refractivity contribution in [2.45, 2.75) is 50.9 Å². The van der Waals surface area contributed by atoms with Gasteiger partial charge in [-0.2, -0.15) is 0 Å². The van der Waals surface area contributed by atoms with Crippen LogP contribution in [-0.4, -0.2) is 27.5 Å². The average molecular weight is 402 g/mol. The topological polar surface area (TPSA) is 3.24 Å². The predicted octanol–water partition coefficient (Wildman–Crippen LogP) is 6.65. The predicted molar refractivity (Wildman–Crippen MR) is 131 cm³/mol. The Morgan fingerprint density at radius 1 is 0.643 bits per heavy atom. The van der Waals surface area contributed by atoms with E-state index >= 15 is 0 Å². The quantitative estimate of drug-likeness (QED) is 0.507. The van der Waals surface area contributed by atoms with Crippen LogP contribution in [0.1, 0.15) is 33.9 Å². The maximum absolute atomic E-state index is 3.04. The molecular formula is C24H32BNSi2. The Labute approximate surface area is 173 Å². The third kappa shape index (κ3) is 3.42. The van der Waals surface area contributed by atoms with Gasteiger partial charge in [0.1, 0.15) is 16.5 Å². The molecule has 144 valence electrons. The van der Waals surface area contributed by atoms with Crippen LogP contribution in [0.25, 0.3) is 12.2 Å². The monoisotopic (exact) mass is 401 g/mol. The second kappa shape index (κ2) is 7.01. The highest BCUT2D eigenvalue weighted by molar-refractivity contribution is 7.00. The Morgan fingerprint density at radius 3 is 1.43 bits per heavy atom.